The van der Waals surface area contributed by atoms with E-state index in [1.54, 1.807) is 0 Å². The molecule has 3 heteroatoms. The van der Waals surface area contributed by atoms with Crippen molar-refractivity contribution in [1.82, 2.24) is 14.5 Å². The van der Waals surface area contributed by atoms with Crippen molar-refractivity contribution >= 4 is 43.4 Å². The highest BCUT2D eigenvalue weighted by Crippen LogP contribution is 2.54. The average molecular weight is 538 g/mol. The quantitative estimate of drug-likeness (QED) is 0.220. The van der Waals surface area contributed by atoms with Crippen LogP contribution >= 0.6 is 0 Å². The summed E-state index contributed by atoms with van der Waals surface area (Å²) in [4.78, 5) is 10.7. The molecule has 0 saturated carbocycles. The molecule has 1 aliphatic rings. The molecule has 9 rings (SSSR count). The summed E-state index contributed by atoms with van der Waals surface area (Å²) in [7, 11) is 0. The second-order valence-electron chi connectivity index (χ2n) is 11.9. The first-order valence-corrected chi connectivity index (χ1v) is 14.5. The first-order valence-electron chi connectivity index (χ1n) is 14.5. The van der Waals surface area contributed by atoms with Crippen LogP contribution in [-0.2, 0) is 5.41 Å². The van der Waals surface area contributed by atoms with Crippen molar-refractivity contribution < 1.29 is 0 Å². The zero-order valence-corrected chi connectivity index (χ0v) is 23.5. The van der Waals surface area contributed by atoms with Gasteiger partial charge in [-0.3, -0.25) is 4.57 Å². The van der Waals surface area contributed by atoms with Crippen LogP contribution in [-0.4, -0.2) is 14.5 Å². The van der Waals surface area contributed by atoms with Gasteiger partial charge in [-0.05, 0) is 39.4 Å². The van der Waals surface area contributed by atoms with E-state index in [0.717, 1.165) is 22.2 Å². The third kappa shape index (κ3) is 3.11. The Bertz CT molecular complexity index is 2390. The molecular weight excluding hydrogens is 510 g/mol. The summed E-state index contributed by atoms with van der Waals surface area (Å²) < 4.78 is 2.34. The van der Waals surface area contributed by atoms with Gasteiger partial charge in [0.05, 0.1) is 22.4 Å². The lowest BCUT2D eigenvalue weighted by Gasteiger charge is -2.21. The Morgan fingerprint density at radius 1 is 0.571 bits per heavy atom. The van der Waals surface area contributed by atoms with E-state index in [2.05, 4.69) is 146 Å². The Balaban J connectivity index is 1.45. The molecule has 1 aliphatic carbocycles. The van der Waals surface area contributed by atoms with Crippen LogP contribution in [0.25, 0.3) is 71.8 Å². The van der Waals surface area contributed by atoms with E-state index < -0.39 is 0 Å². The Kier molecular flexibility index (Phi) is 4.67. The van der Waals surface area contributed by atoms with Crippen molar-refractivity contribution in [1.29, 1.82) is 0 Å². The summed E-state index contributed by atoms with van der Waals surface area (Å²) >= 11 is 0. The van der Waals surface area contributed by atoms with Gasteiger partial charge in [0.2, 0.25) is 5.95 Å². The summed E-state index contributed by atoms with van der Waals surface area (Å²) in [5.74, 6) is 0.701. The van der Waals surface area contributed by atoms with Crippen molar-refractivity contribution in [2.24, 2.45) is 0 Å². The highest BCUT2D eigenvalue weighted by Gasteiger charge is 2.41. The summed E-state index contributed by atoms with van der Waals surface area (Å²) in [6.07, 6.45) is 0. The molecule has 0 bridgehead atoms. The number of rotatable bonds is 2. The fraction of sp³-hybridized carbons (Fsp3) is 0.0769. The van der Waals surface area contributed by atoms with E-state index in [4.69, 9.17) is 9.97 Å². The predicted molar refractivity (Wildman–Crippen MR) is 174 cm³/mol. The minimum atomic E-state index is -0.157. The molecule has 0 aliphatic heterocycles. The SMILES string of the molecule is CC1(C)c2ccccc2-c2c1c1ccc3ccccc3c1n2-c1nc(-c2ccc3ccccc3c2)c2ccccc2n1. The van der Waals surface area contributed by atoms with Crippen LogP contribution in [0, 0.1) is 0 Å². The van der Waals surface area contributed by atoms with E-state index >= 15 is 0 Å². The smallest absolute Gasteiger partial charge is 0.235 e. The van der Waals surface area contributed by atoms with Gasteiger partial charge in [-0.15, -0.1) is 0 Å². The molecular formula is C39H27N3. The van der Waals surface area contributed by atoms with Gasteiger partial charge >= 0.3 is 0 Å². The Morgan fingerprint density at radius 2 is 1.26 bits per heavy atom. The number of benzene rings is 6. The molecule has 0 radical (unpaired) electrons. The van der Waals surface area contributed by atoms with Crippen LogP contribution in [0.5, 0.6) is 0 Å². The first-order chi connectivity index (χ1) is 20.6. The number of aromatic nitrogens is 3. The number of para-hydroxylation sites is 1. The summed E-state index contributed by atoms with van der Waals surface area (Å²) in [6.45, 7) is 4.69. The molecule has 0 saturated heterocycles. The monoisotopic (exact) mass is 537 g/mol. The fourth-order valence-corrected chi connectivity index (χ4v) is 7.23. The molecule has 2 aromatic heterocycles. The molecule has 2 heterocycles. The van der Waals surface area contributed by atoms with E-state index in [-0.39, 0.29) is 5.41 Å². The van der Waals surface area contributed by atoms with E-state index in [1.165, 1.54) is 54.8 Å². The van der Waals surface area contributed by atoms with Crippen LogP contribution < -0.4 is 0 Å². The third-order valence-electron chi connectivity index (χ3n) is 9.15. The van der Waals surface area contributed by atoms with Gasteiger partial charge in [-0.1, -0.05) is 129 Å². The van der Waals surface area contributed by atoms with Gasteiger partial charge < -0.3 is 0 Å². The molecule has 0 spiro atoms. The molecule has 6 aromatic carbocycles. The second-order valence-corrected chi connectivity index (χ2v) is 11.9. The maximum Gasteiger partial charge on any atom is 0.235 e. The maximum absolute atomic E-state index is 5.43. The van der Waals surface area contributed by atoms with Gasteiger partial charge in [0.25, 0.3) is 0 Å². The normalized spacial score (nSPS) is 13.7. The summed E-state index contributed by atoms with van der Waals surface area (Å²) in [5, 5.41) is 7.16. The van der Waals surface area contributed by atoms with Crippen LogP contribution in [0.4, 0.5) is 0 Å². The lowest BCUT2D eigenvalue weighted by atomic mass is 9.81. The molecule has 3 nitrogen and oxygen atoms in total. The molecule has 0 fully saturated rings. The van der Waals surface area contributed by atoms with E-state index in [1.807, 2.05) is 0 Å². The van der Waals surface area contributed by atoms with Crippen molar-refractivity contribution in [3.8, 4) is 28.5 Å². The van der Waals surface area contributed by atoms with Gasteiger partial charge in [-0.2, -0.15) is 0 Å². The Morgan fingerprint density at radius 3 is 2.14 bits per heavy atom. The van der Waals surface area contributed by atoms with Crippen molar-refractivity contribution in [2.75, 3.05) is 0 Å². The zero-order valence-electron chi connectivity index (χ0n) is 23.5. The molecule has 8 aromatic rings. The van der Waals surface area contributed by atoms with E-state index in [9.17, 15) is 0 Å². The molecule has 0 unspecified atom stereocenters. The minimum Gasteiger partial charge on any atom is -0.277 e. The Labute approximate surface area is 243 Å². The van der Waals surface area contributed by atoms with Crippen molar-refractivity contribution in [2.45, 2.75) is 19.3 Å². The van der Waals surface area contributed by atoms with Gasteiger partial charge in [0.15, 0.2) is 0 Å². The average Bonchev–Trinajstić information content (AvgIpc) is 3.51. The van der Waals surface area contributed by atoms with E-state index in [0.29, 0.717) is 5.95 Å². The first kappa shape index (κ1) is 23.4. The standard InChI is InChI=1S/C39H27N3/c1-39(2)32-17-9-7-15-29(32)37-34(39)31-22-21-25-12-5-6-14-28(25)36(31)42(37)38-40-33-18-10-8-16-30(33)35(41-38)27-20-19-24-11-3-4-13-26(24)23-27/h3-23H,1-2H3. The molecule has 0 amide bonds. The van der Waals surface area contributed by atoms with Crippen LogP contribution in [0.3, 0.4) is 0 Å². The molecule has 198 valence electrons. The van der Waals surface area contributed by atoms with Crippen molar-refractivity contribution in [3.63, 3.8) is 0 Å². The van der Waals surface area contributed by atoms with Crippen molar-refractivity contribution in [3.05, 3.63) is 139 Å². The summed E-state index contributed by atoms with van der Waals surface area (Å²) in [6, 6.07) is 45.5. The number of hydrogen-bond donors (Lipinski definition) is 0. The number of nitrogens with zero attached hydrogens (tertiary/aromatic N) is 3. The lowest BCUT2D eigenvalue weighted by molar-refractivity contribution is 0.666. The highest BCUT2D eigenvalue weighted by atomic mass is 15.2. The summed E-state index contributed by atoms with van der Waals surface area (Å²) in [5.41, 5.74) is 9.12. The topological polar surface area (TPSA) is 30.7 Å². The minimum absolute atomic E-state index is 0.157. The van der Waals surface area contributed by atoms with Crippen LogP contribution in [0.15, 0.2) is 127 Å². The lowest BCUT2D eigenvalue weighted by Crippen LogP contribution is -2.14. The fourth-order valence-electron chi connectivity index (χ4n) is 7.23. The van der Waals surface area contributed by atoms with Crippen LogP contribution in [0.2, 0.25) is 0 Å². The van der Waals surface area contributed by atoms with Gasteiger partial charge in [0, 0.05) is 32.7 Å². The number of hydrogen-bond acceptors (Lipinski definition) is 2. The number of fused-ring (bicyclic) bond motifs is 9. The van der Waals surface area contributed by atoms with Gasteiger partial charge in [0.1, 0.15) is 0 Å². The third-order valence-corrected chi connectivity index (χ3v) is 9.15. The Hall–Kier alpha value is -5.28. The van der Waals surface area contributed by atoms with Crippen LogP contribution in [0.1, 0.15) is 25.0 Å². The maximum atomic E-state index is 5.43. The second kappa shape index (κ2) is 8.37. The highest BCUT2D eigenvalue weighted by molar-refractivity contribution is 6.12. The van der Waals surface area contributed by atoms with Gasteiger partial charge in [-0.25, -0.2) is 9.97 Å². The zero-order chi connectivity index (χ0) is 28.0. The molecule has 0 N–H and O–H groups in total. The largest absolute Gasteiger partial charge is 0.277 e. The predicted octanol–water partition coefficient (Wildman–Crippen LogP) is 9.85. The molecule has 0 atom stereocenters. The molecule has 42 heavy (non-hydrogen) atoms.